The molecule has 0 aliphatic heterocycles. The van der Waals surface area contributed by atoms with E-state index in [2.05, 4.69) is 32.6 Å². The fourth-order valence-corrected chi connectivity index (χ4v) is 3.18. The standard InChI is InChI=1S/C13H10IN3O2S/c1-20(18,19)13-12-15-7-11(14)17(12)8-10(16-13)9-5-3-2-4-6-9/h2-8H,1H3. The number of hydrogen-bond acceptors (Lipinski definition) is 4. The predicted octanol–water partition coefficient (Wildman–Crippen LogP) is 2.40. The van der Waals surface area contributed by atoms with Gasteiger partial charge >= 0.3 is 0 Å². The minimum absolute atomic E-state index is 0.00164. The molecule has 102 valence electrons. The number of hydrogen-bond donors (Lipinski definition) is 0. The van der Waals surface area contributed by atoms with E-state index in [1.54, 1.807) is 16.8 Å². The van der Waals surface area contributed by atoms with Gasteiger partial charge in [-0.2, -0.15) is 0 Å². The molecule has 2 heterocycles. The summed E-state index contributed by atoms with van der Waals surface area (Å²) in [5.41, 5.74) is 1.83. The van der Waals surface area contributed by atoms with Gasteiger partial charge in [0.05, 0.1) is 11.9 Å². The molecule has 3 aromatic rings. The van der Waals surface area contributed by atoms with Crippen LogP contribution in [-0.4, -0.2) is 29.0 Å². The van der Waals surface area contributed by atoms with Gasteiger partial charge in [0.25, 0.3) is 0 Å². The van der Waals surface area contributed by atoms with E-state index >= 15 is 0 Å². The SMILES string of the molecule is CS(=O)(=O)c1nc(-c2ccccc2)cn2c(I)cnc12. The highest BCUT2D eigenvalue weighted by Crippen LogP contribution is 2.23. The van der Waals surface area contributed by atoms with Crippen molar-refractivity contribution in [2.45, 2.75) is 5.03 Å². The first kappa shape index (κ1) is 13.5. The normalized spacial score (nSPS) is 11.9. The molecule has 1 aromatic carbocycles. The van der Waals surface area contributed by atoms with E-state index in [1.165, 1.54) is 0 Å². The van der Waals surface area contributed by atoms with Crippen molar-refractivity contribution in [1.82, 2.24) is 14.4 Å². The van der Waals surface area contributed by atoms with Crippen LogP contribution in [0.4, 0.5) is 0 Å². The molecule has 3 rings (SSSR count). The second kappa shape index (κ2) is 4.81. The van der Waals surface area contributed by atoms with Crippen molar-refractivity contribution in [2.24, 2.45) is 0 Å². The summed E-state index contributed by atoms with van der Waals surface area (Å²) in [4.78, 5) is 8.41. The molecule has 0 radical (unpaired) electrons. The van der Waals surface area contributed by atoms with Gasteiger partial charge < -0.3 is 0 Å². The fraction of sp³-hybridized carbons (Fsp3) is 0.0769. The Hall–Kier alpha value is -1.48. The maximum atomic E-state index is 11.9. The van der Waals surface area contributed by atoms with Gasteiger partial charge in [0, 0.05) is 18.0 Å². The van der Waals surface area contributed by atoms with Crippen LogP contribution in [0.1, 0.15) is 0 Å². The predicted molar refractivity (Wildman–Crippen MR) is 84.2 cm³/mol. The van der Waals surface area contributed by atoms with Gasteiger partial charge in [0.1, 0.15) is 3.70 Å². The third kappa shape index (κ3) is 2.31. The zero-order valence-electron chi connectivity index (χ0n) is 10.5. The molecular weight excluding hydrogens is 389 g/mol. The van der Waals surface area contributed by atoms with Crippen molar-refractivity contribution in [3.8, 4) is 11.3 Å². The summed E-state index contributed by atoms with van der Waals surface area (Å²) in [6, 6.07) is 9.47. The Morgan fingerprint density at radius 1 is 1.20 bits per heavy atom. The average Bonchev–Trinajstić information content (AvgIpc) is 2.79. The van der Waals surface area contributed by atoms with Gasteiger partial charge in [0.2, 0.25) is 0 Å². The molecule has 0 saturated carbocycles. The molecule has 7 heteroatoms. The lowest BCUT2D eigenvalue weighted by molar-refractivity contribution is 0.598. The van der Waals surface area contributed by atoms with Gasteiger partial charge in [-0.05, 0) is 22.6 Å². The lowest BCUT2D eigenvalue weighted by atomic mass is 10.2. The number of imidazole rings is 1. The van der Waals surface area contributed by atoms with Gasteiger partial charge in [0.15, 0.2) is 20.5 Å². The Labute approximate surface area is 129 Å². The molecule has 0 atom stereocenters. The zero-order chi connectivity index (χ0) is 14.3. The molecule has 0 unspecified atom stereocenters. The molecule has 0 spiro atoms. The van der Waals surface area contributed by atoms with Gasteiger partial charge in [-0.3, -0.25) is 4.40 Å². The Kier molecular flexibility index (Phi) is 3.25. The first-order valence-corrected chi connectivity index (χ1v) is 8.73. The minimum atomic E-state index is -3.44. The molecule has 2 aromatic heterocycles. The number of rotatable bonds is 2. The van der Waals surface area contributed by atoms with Gasteiger partial charge in [-0.15, -0.1) is 0 Å². The third-order valence-electron chi connectivity index (χ3n) is 2.84. The lowest BCUT2D eigenvalue weighted by Gasteiger charge is -2.06. The number of sulfone groups is 1. The zero-order valence-corrected chi connectivity index (χ0v) is 13.5. The highest BCUT2D eigenvalue weighted by Gasteiger charge is 2.19. The lowest BCUT2D eigenvalue weighted by Crippen LogP contribution is -2.06. The molecular formula is C13H10IN3O2S. The third-order valence-corrected chi connectivity index (χ3v) is 4.61. The maximum Gasteiger partial charge on any atom is 0.199 e. The summed E-state index contributed by atoms with van der Waals surface area (Å²) in [6.07, 6.45) is 4.57. The molecule has 20 heavy (non-hydrogen) atoms. The van der Waals surface area contributed by atoms with Crippen LogP contribution in [0.15, 0.2) is 47.8 Å². The Balaban J connectivity index is 2.39. The largest absolute Gasteiger partial charge is 0.290 e. The number of aromatic nitrogens is 3. The van der Waals surface area contributed by atoms with Crippen LogP contribution in [0, 0.1) is 3.70 Å². The summed E-state index contributed by atoms with van der Waals surface area (Å²) in [6.45, 7) is 0. The highest BCUT2D eigenvalue weighted by molar-refractivity contribution is 14.1. The van der Waals surface area contributed by atoms with Crippen LogP contribution >= 0.6 is 22.6 Å². The molecule has 0 saturated heterocycles. The number of fused-ring (bicyclic) bond motifs is 1. The number of nitrogens with zero attached hydrogens (tertiary/aromatic N) is 3. The molecule has 5 nitrogen and oxygen atoms in total. The van der Waals surface area contributed by atoms with E-state index in [4.69, 9.17) is 0 Å². The van der Waals surface area contributed by atoms with Crippen LogP contribution in [-0.2, 0) is 9.84 Å². The Bertz CT molecular complexity index is 889. The van der Waals surface area contributed by atoms with Crippen molar-refractivity contribution >= 4 is 38.1 Å². The Morgan fingerprint density at radius 3 is 2.55 bits per heavy atom. The van der Waals surface area contributed by atoms with Crippen molar-refractivity contribution in [3.63, 3.8) is 0 Å². The van der Waals surface area contributed by atoms with Crippen LogP contribution in [0.2, 0.25) is 0 Å². The second-order valence-corrected chi connectivity index (χ2v) is 7.38. The van der Waals surface area contributed by atoms with E-state index in [1.807, 2.05) is 30.3 Å². The summed E-state index contributed by atoms with van der Waals surface area (Å²) >= 11 is 2.11. The van der Waals surface area contributed by atoms with Gasteiger partial charge in [-0.1, -0.05) is 30.3 Å². The summed E-state index contributed by atoms with van der Waals surface area (Å²) < 4.78 is 26.4. The van der Waals surface area contributed by atoms with E-state index in [9.17, 15) is 8.42 Å². The summed E-state index contributed by atoms with van der Waals surface area (Å²) in [5, 5.41) is 0.00164. The maximum absolute atomic E-state index is 11.9. The smallest absolute Gasteiger partial charge is 0.199 e. The quantitative estimate of drug-likeness (QED) is 0.621. The first-order chi connectivity index (χ1) is 9.47. The van der Waals surface area contributed by atoms with Crippen molar-refractivity contribution in [2.75, 3.05) is 6.26 Å². The molecule has 0 amide bonds. The number of benzene rings is 1. The first-order valence-electron chi connectivity index (χ1n) is 5.76. The topological polar surface area (TPSA) is 64.3 Å². The van der Waals surface area contributed by atoms with Crippen LogP contribution in [0.5, 0.6) is 0 Å². The highest BCUT2D eigenvalue weighted by atomic mass is 127. The average molecular weight is 399 g/mol. The van der Waals surface area contributed by atoms with E-state index < -0.39 is 9.84 Å². The molecule has 0 N–H and O–H groups in total. The van der Waals surface area contributed by atoms with Crippen LogP contribution in [0.3, 0.4) is 0 Å². The molecule has 0 bridgehead atoms. The monoisotopic (exact) mass is 399 g/mol. The molecule has 0 fully saturated rings. The summed E-state index contributed by atoms with van der Waals surface area (Å²) in [5.74, 6) is 0. The van der Waals surface area contributed by atoms with E-state index in [0.717, 1.165) is 15.5 Å². The molecule has 0 aliphatic carbocycles. The van der Waals surface area contributed by atoms with E-state index in [-0.39, 0.29) is 5.03 Å². The minimum Gasteiger partial charge on any atom is -0.290 e. The van der Waals surface area contributed by atoms with Gasteiger partial charge in [-0.25, -0.2) is 18.4 Å². The fourth-order valence-electron chi connectivity index (χ4n) is 1.93. The van der Waals surface area contributed by atoms with Crippen molar-refractivity contribution < 1.29 is 8.42 Å². The van der Waals surface area contributed by atoms with Crippen LogP contribution < -0.4 is 0 Å². The Morgan fingerprint density at radius 2 is 1.90 bits per heavy atom. The number of halogens is 1. The van der Waals surface area contributed by atoms with Crippen molar-refractivity contribution in [3.05, 3.63) is 46.4 Å². The second-order valence-electron chi connectivity index (χ2n) is 4.34. The van der Waals surface area contributed by atoms with Crippen LogP contribution in [0.25, 0.3) is 16.9 Å². The van der Waals surface area contributed by atoms with Crippen molar-refractivity contribution in [1.29, 1.82) is 0 Å². The summed E-state index contributed by atoms with van der Waals surface area (Å²) in [7, 11) is -3.44. The van der Waals surface area contributed by atoms with E-state index in [0.29, 0.717) is 11.3 Å². The molecule has 0 aliphatic rings.